The minimum absolute atomic E-state index is 0.319. The molecule has 0 spiro atoms. The molecule has 120 valence electrons. The quantitative estimate of drug-likeness (QED) is 0.587. The molecule has 0 saturated heterocycles. The fourth-order valence-corrected chi connectivity index (χ4v) is 2.59. The number of rotatable bonds is 9. The number of nitrogens with one attached hydrogen (secondary N) is 1. The van der Waals surface area contributed by atoms with E-state index in [9.17, 15) is 9.59 Å². The molecule has 0 heterocycles. The summed E-state index contributed by atoms with van der Waals surface area (Å²) in [5.41, 5.74) is 5.58. The molecule has 0 unspecified atom stereocenters. The monoisotopic (exact) mass is 298 g/mol. The number of carboxylic acids is 1. The number of ether oxygens (including phenoxy) is 1. The molecule has 1 atom stereocenters. The molecule has 0 aromatic carbocycles. The lowest BCUT2D eigenvalue weighted by atomic mass is 9.93. The summed E-state index contributed by atoms with van der Waals surface area (Å²) in [6.45, 7) is 5.67. The van der Waals surface area contributed by atoms with Crippen LogP contribution in [0.4, 0.5) is 0 Å². The van der Waals surface area contributed by atoms with Crippen molar-refractivity contribution in [2.75, 3.05) is 13.2 Å². The van der Waals surface area contributed by atoms with E-state index in [-0.39, 0.29) is 12.0 Å². The van der Waals surface area contributed by atoms with E-state index < -0.39 is 17.9 Å². The number of carbonyl (C=O) groups is 2. The van der Waals surface area contributed by atoms with Gasteiger partial charge in [-0.25, -0.2) is 0 Å². The second-order valence-corrected chi connectivity index (χ2v) is 6.98. The highest BCUT2D eigenvalue weighted by Crippen LogP contribution is 2.52. The lowest BCUT2D eigenvalue weighted by Crippen LogP contribution is -2.49. The van der Waals surface area contributed by atoms with Crippen LogP contribution in [0.2, 0.25) is 0 Å². The second-order valence-electron chi connectivity index (χ2n) is 6.98. The molecule has 2 aliphatic carbocycles. The van der Waals surface area contributed by atoms with E-state index in [1.165, 1.54) is 12.8 Å². The third kappa shape index (κ3) is 4.17. The summed E-state index contributed by atoms with van der Waals surface area (Å²) < 4.78 is 5.84. The predicted octanol–water partition coefficient (Wildman–Crippen LogP) is 0.890. The summed E-state index contributed by atoms with van der Waals surface area (Å²) in [5.74, 6) is -0.846. The Hall–Kier alpha value is -1.14. The molecule has 6 nitrogen and oxygen atoms in total. The van der Waals surface area contributed by atoms with Gasteiger partial charge in [0.25, 0.3) is 0 Å². The van der Waals surface area contributed by atoms with Crippen molar-refractivity contribution in [3.63, 3.8) is 0 Å². The molecule has 6 heteroatoms. The zero-order chi connectivity index (χ0) is 15.7. The van der Waals surface area contributed by atoms with Gasteiger partial charge in [-0.15, -0.1) is 0 Å². The first kappa shape index (κ1) is 16.2. The van der Waals surface area contributed by atoms with Gasteiger partial charge < -0.3 is 20.9 Å². The highest BCUT2D eigenvalue weighted by Gasteiger charge is 2.48. The smallest absolute Gasteiger partial charge is 0.305 e. The van der Waals surface area contributed by atoms with Gasteiger partial charge in [0.15, 0.2) is 0 Å². The van der Waals surface area contributed by atoms with Crippen LogP contribution in [0.15, 0.2) is 0 Å². The molecule has 4 N–H and O–H groups in total. The fourth-order valence-electron chi connectivity index (χ4n) is 2.59. The molecule has 0 aromatic rings. The fraction of sp³-hybridized carbons (Fsp3) is 0.867. The van der Waals surface area contributed by atoms with E-state index >= 15 is 0 Å². The topological polar surface area (TPSA) is 102 Å². The summed E-state index contributed by atoms with van der Waals surface area (Å²) in [6, 6.07) is -0.995. The van der Waals surface area contributed by atoms with Crippen molar-refractivity contribution in [2.24, 2.45) is 17.1 Å². The number of carboxylic acid groups (broad SMARTS) is 1. The minimum atomic E-state index is -1.06. The van der Waals surface area contributed by atoms with Gasteiger partial charge in [-0.1, -0.05) is 13.8 Å². The lowest BCUT2D eigenvalue weighted by Gasteiger charge is -2.23. The van der Waals surface area contributed by atoms with Crippen molar-refractivity contribution in [3.8, 4) is 0 Å². The molecule has 0 radical (unpaired) electrons. The number of nitrogens with two attached hydrogens (primary N) is 1. The van der Waals surface area contributed by atoms with Gasteiger partial charge in [-0.2, -0.15) is 0 Å². The van der Waals surface area contributed by atoms with E-state index in [0.29, 0.717) is 17.9 Å². The summed E-state index contributed by atoms with van der Waals surface area (Å²) in [4.78, 5) is 22.4. The van der Waals surface area contributed by atoms with Crippen LogP contribution >= 0.6 is 0 Å². The maximum Gasteiger partial charge on any atom is 0.305 e. The minimum Gasteiger partial charge on any atom is -0.481 e. The molecule has 2 aliphatic rings. The van der Waals surface area contributed by atoms with Crippen molar-refractivity contribution in [3.05, 3.63) is 0 Å². The summed E-state index contributed by atoms with van der Waals surface area (Å²) in [6.07, 6.45) is 3.82. The van der Waals surface area contributed by atoms with Gasteiger partial charge in [0.1, 0.15) is 0 Å². The first-order valence-electron chi connectivity index (χ1n) is 7.66. The first-order valence-corrected chi connectivity index (χ1v) is 7.66. The standard InChI is InChI=1S/C15H26N2O4/c1-10(2)14(3-4-14)8-21-9-15(5-6-15)17-13(20)11(16)7-12(18)19/h10-11H,3-9,16H2,1-2H3,(H,17,20)(H,18,19)/t11-/m0/s1. The average molecular weight is 298 g/mol. The van der Waals surface area contributed by atoms with Crippen LogP contribution in [0.3, 0.4) is 0 Å². The van der Waals surface area contributed by atoms with Crippen molar-refractivity contribution in [1.82, 2.24) is 5.32 Å². The van der Waals surface area contributed by atoms with Crippen molar-refractivity contribution >= 4 is 11.9 Å². The van der Waals surface area contributed by atoms with Crippen LogP contribution in [0.1, 0.15) is 46.0 Å². The van der Waals surface area contributed by atoms with Crippen LogP contribution < -0.4 is 11.1 Å². The Morgan fingerprint density at radius 1 is 1.24 bits per heavy atom. The Bertz CT molecular complexity index is 414. The zero-order valence-electron chi connectivity index (χ0n) is 12.9. The van der Waals surface area contributed by atoms with Crippen molar-refractivity contribution in [1.29, 1.82) is 0 Å². The Morgan fingerprint density at radius 2 is 1.86 bits per heavy atom. The van der Waals surface area contributed by atoms with E-state index in [1.807, 2.05) is 0 Å². The Balaban J connectivity index is 1.73. The average Bonchev–Trinajstić information content (AvgIpc) is 3.26. The third-order valence-corrected chi connectivity index (χ3v) is 4.86. The molecule has 1 amide bonds. The zero-order valence-corrected chi connectivity index (χ0v) is 12.9. The lowest BCUT2D eigenvalue weighted by molar-refractivity contribution is -0.139. The second kappa shape index (κ2) is 5.93. The van der Waals surface area contributed by atoms with Crippen LogP contribution in [-0.4, -0.2) is 41.8 Å². The number of aliphatic carboxylic acids is 1. The SMILES string of the molecule is CC(C)C1(COCC2(NC(=O)[C@@H](N)CC(=O)O)CC2)CC1. The number of amides is 1. The number of hydrogen-bond acceptors (Lipinski definition) is 4. The molecule has 2 saturated carbocycles. The molecule has 21 heavy (non-hydrogen) atoms. The summed E-state index contributed by atoms with van der Waals surface area (Å²) in [7, 11) is 0. The van der Waals surface area contributed by atoms with Crippen LogP contribution in [0, 0.1) is 11.3 Å². The van der Waals surface area contributed by atoms with Crippen LogP contribution in [0.25, 0.3) is 0 Å². The van der Waals surface area contributed by atoms with Gasteiger partial charge in [-0.05, 0) is 37.0 Å². The maximum absolute atomic E-state index is 11.9. The van der Waals surface area contributed by atoms with E-state index in [4.69, 9.17) is 15.6 Å². The van der Waals surface area contributed by atoms with Gasteiger partial charge in [0.05, 0.1) is 31.2 Å². The maximum atomic E-state index is 11.9. The number of carbonyl (C=O) groups excluding carboxylic acids is 1. The van der Waals surface area contributed by atoms with Crippen LogP contribution in [-0.2, 0) is 14.3 Å². The Labute approximate surface area is 125 Å². The largest absolute Gasteiger partial charge is 0.481 e. The van der Waals surface area contributed by atoms with Crippen molar-refractivity contribution in [2.45, 2.75) is 57.5 Å². The third-order valence-electron chi connectivity index (χ3n) is 4.86. The van der Waals surface area contributed by atoms with Gasteiger partial charge in [-0.3, -0.25) is 9.59 Å². The summed E-state index contributed by atoms with van der Waals surface area (Å²) in [5, 5.41) is 11.5. The molecular formula is C15H26N2O4. The highest BCUT2D eigenvalue weighted by molar-refractivity contribution is 5.86. The summed E-state index contributed by atoms with van der Waals surface area (Å²) >= 11 is 0. The Kier molecular flexibility index (Phi) is 4.58. The normalized spacial score (nSPS) is 22.7. The Morgan fingerprint density at radius 3 is 2.29 bits per heavy atom. The molecule has 0 bridgehead atoms. The molecule has 2 fully saturated rings. The molecule has 0 aliphatic heterocycles. The first-order chi connectivity index (χ1) is 9.79. The highest BCUT2D eigenvalue weighted by atomic mass is 16.5. The molecular weight excluding hydrogens is 272 g/mol. The van der Waals surface area contributed by atoms with E-state index in [2.05, 4.69) is 19.2 Å². The molecule has 0 aromatic heterocycles. The van der Waals surface area contributed by atoms with Gasteiger partial charge in [0, 0.05) is 0 Å². The molecule has 2 rings (SSSR count). The number of hydrogen-bond donors (Lipinski definition) is 3. The van der Waals surface area contributed by atoms with Crippen LogP contribution in [0.5, 0.6) is 0 Å². The van der Waals surface area contributed by atoms with Crippen molar-refractivity contribution < 1.29 is 19.4 Å². The van der Waals surface area contributed by atoms with Gasteiger partial charge >= 0.3 is 5.97 Å². The van der Waals surface area contributed by atoms with Gasteiger partial charge in [0.2, 0.25) is 5.91 Å². The van der Waals surface area contributed by atoms with E-state index in [1.54, 1.807) is 0 Å². The van der Waals surface area contributed by atoms with E-state index in [0.717, 1.165) is 19.4 Å². The predicted molar refractivity (Wildman–Crippen MR) is 77.7 cm³/mol.